The van der Waals surface area contributed by atoms with E-state index in [1.54, 1.807) is 0 Å². The van der Waals surface area contributed by atoms with Crippen LogP contribution in [0.2, 0.25) is 0 Å². The van der Waals surface area contributed by atoms with E-state index in [2.05, 4.69) is 10.1 Å². The number of rotatable bonds is 4. The van der Waals surface area contributed by atoms with Crippen molar-refractivity contribution in [2.24, 2.45) is 0 Å². The highest BCUT2D eigenvalue weighted by atomic mass is 16.5. The molecule has 0 bridgehead atoms. The Hall–Kier alpha value is -2.83. The second-order valence-electron chi connectivity index (χ2n) is 7.09. The van der Waals surface area contributed by atoms with Crippen LogP contribution in [0, 0.1) is 0 Å². The number of benzene rings is 1. The van der Waals surface area contributed by atoms with E-state index in [9.17, 15) is 9.59 Å². The van der Waals surface area contributed by atoms with Gasteiger partial charge in [-0.25, -0.2) is 4.79 Å². The number of para-hydroxylation sites is 2. The Labute approximate surface area is 150 Å². The van der Waals surface area contributed by atoms with Gasteiger partial charge in [-0.15, -0.1) is 0 Å². The molecule has 7 heteroatoms. The molecule has 0 aliphatic carbocycles. The van der Waals surface area contributed by atoms with Crippen LogP contribution >= 0.6 is 0 Å². The number of amides is 1. The third-order valence-electron chi connectivity index (χ3n) is 5.01. The van der Waals surface area contributed by atoms with Crippen molar-refractivity contribution in [1.29, 1.82) is 0 Å². The van der Waals surface area contributed by atoms with E-state index in [0.29, 0.717) is 6.54 Å². The summed E-state index contributed by atoms with van der Waals surface area (Å²) in [5, 5.41) is 4.17. The number of carbonyl (C=O) groups excluding carboxylic acids is 1. The summed E-state index contributed by atoms with van der Waals surface area (Å²) in [6.45, 7) is 4.79. The highest BCUT2D eigenvalue weighted by Crippen LogP contribution is 2.33. The fourth-order valence-electron chi connectivity index (χ4n) is 3.60. The molecule has 3 heterocycles. The number of H-pyrrole nitrogens is 1. The minimum absolute atomic E-state index is 0.0221. The number of hydrogen-bond acceptors (Lipinski definition) is 4. The normalized spacial score (nSPS) is 17.5. The molecule has 1 aromatic carbocycles. The van der Waals surface area contributed by atoms with Gasteiger partial charge in [-0.2, -0.15) is 0 Å². The smallest absolute Gasteiger partial charge is 0.326 e. The zero-order valence-electron chi connectivity index (χ0n) is 14.9. The molecule has 1 aliphatic rings. The number of aromatic amines is 1. The fraction of sp³-hybridized carbons (Fsp3) is 0.421. The van der Waals surface area contributed by atoms with E-state index in [1.165, 1.54) is 4.57 Å². The van der Waals surface area contributed by atoms with Crippen molar-refractivity contribution in [1.82, 2.24) is 19.6 Å². The van der Waals surface area contributed by atoms with Crippen molar-refractivity contribution >= 4 is 16.9 Å². The van der Waals surface area contributed by atoms with Crippen LogP contribution in [-0.4, -0.2) is 32.1 Å². The standard InChI is InChI=1S/C19H22N4O3/c1-12(2)17-10-14(21-26-17)16-8-5-9-22(16)18(24)11-23-15-7-4-3-6-13(15)20-19(23)25/h3-4,6-7,10,12,16H,5,8-9,11H2,1-2H3,(H,20,25)/t16-/m1/s1. The largest absolute Gasteiger partial charge is 0.361 e. The maximum Gasteiger partial charge on any atom is 0.326 e. The predicted octanol–water partition coefficient (Wildman–Crippen LogP) is 2.80. The molecule has 4 rings (SSSR count). The molecule has 1 fully saturated rings. The molecule has 1 aliphatic heterocycles. The van der Waals surface area contributed by atoms with Crippen molar-refractivity contribution in [3.05, 3.63) is 52.3 Å². The van der Waals surface area contributed by atoms with Crippen LogP contribution in [0.25, 0.3) is 11.0 Å². The lowest BCUT2D eigenvalue weighted by atomic mass is 10.1. The molecule has 2 aromatic heterocycles. The molecule has 1 atom stereocenters. The van der Waals surface area contributed by atoms with Crippen molar-refractivity contribution in [2.45, 2.75) is 45.2 Å². The van der Waals surface area contributed by atoms with Crippen LogP contribution in [0.1, 0.15) is 50.1 Å². The number of aromatic nitrogens is 3. The average molecular weight is 354 g/mol. The van der Waals surface area contributed by atoms with Crippen molar-refractivity contribution < 1.29 is 9.32 Å². The molecule has 1 N–H and O–H groups in total. The summed E-state index contributed by atoms with van der Waals surface area (Å²) in [6, 6.07) is 9.25. The molecule has 0 spiro atoms. The number of nitrogens with zero attached hydrogens (tertiary/aromatic N) is 3. The maximum atomic E-state index is 12.9. The van der Waals surface area contributed by atoms with Gasteiger partial charge in [0.25, 0.3) is 0 Å². The number of hydrogen-bond donors (Lipinski definition) is 1. The van der Waals surface area contributed by atoms with E-state index in [4.69, 9.17) is 4.52 Å². The second kappa shape index (κ2) is 6.48. The van der Waals surface area contributed by atoms with Gasteiger partial charge in [-0.3, -0.25) is 9.36 Å². The zero-order valence-corrected chi connectivity index (χ0v) is 14.9. The maximum absolute atomic E-state index is 12.9. The molecular formula is C19H22N4O3. The third-order valence-corrected chi connectivity index (χ3v) is 5.01. The quantitative estimate of drug-likeness (QED) is 0.781. The summed E-state index contributed by atoms with van der Waals surface area (Å²) in [5.74, 6) is 1.01. The summed E-state index contributed by atoms with van der Waals surface area (Å²) in [6.07, 6.45) is 1.78. The van der Waals surface area contributed by atoms with Crippen molar-refractivity contribution in [3.8, 4) is 0 Å². The lowest BCUT2D eigenvalue weighted by molar-refractivity contribution is -0.132. The first kappa shape index (κ1) is 16.6. The highest BCUT2D eigenvalue weighted by Gasteiger charge is 2.32. The molecule has 1 amide bonds. The molecule has 26 heavy (non-hydrogen) atoms. The Morgan fingerprint density at radius 1 is 1.38 bits per heavy atom. The summed E-state index contributed by atoms with van der Waals surface area (Å²) in [5.41, 5.74) is 2.01. The topological polar surface area (TPSA) is 84.1 Å². The SMILES string of the molecule is CC(C)c1cc([C@H]2CCCN2C(=O)Cn2c(=O)[nH]c3ccccc32)no1. The predicted molar refractivity (Wildman–Crippen MR) is 96.8 cm³/mol. The van der Waals surface area contributed by atoms with Crippen molar-refractivity contribution in [2.75, 3.05) is 6.54 Å². The lowest BCUT2D eigenvalue weighted by Gasteiger charge is -2.23. The van der Waals surface area contributed by atoms with Gasteiger partial charge in [0.05, 0.1) is 17.1 Å². The summed E-state index contributed by atoms with van der Waals surface area (Å²) in [4.78, 5) is 29.8. The molecule has 0 radical (unpaired) electrons. The van der Waals surface area contributed by atoms with Crippen LogP contribution in [0.5, 0.6) is 0 Å². The van der Waals surface area contributed by atoms with Gasteiger partial charge < -0.3 is 14.4 Å². The van der Waals surface area contributed by atoms with Crippen molar-refractivity contribution in [3.63, 3.8) is 0 Å². The van der Waals surface area contributed by atoms with Crippen LogP contribution in [0.3, 0.4) is 0 Å². The monoisotopic (exact) mass is 354 g/mol. The van der Waals surface area contributed by atoms with Crippen LogP contribution in [-0.2, 0) is 11.3 Å². The zero-order chi connectivity index (χ0) is 18.3. The Kier molecular flexibility index (Phi) is 4.14. The minimum atomic E-state index is -0.265. The number of fused-ring (bicyclic) bond motifs is 1. The Balaban J connectivity index is 1.58. The van der Waals surface area contributed by atoms with Gasteiger partial charge in [-0.05, 0) is 25.0 Å². The third kappa shape index (κ3) is 2.83. The first-order valence-electron chi connectivity index (χ1n) is 8.98. The van der Waals surface area contributed by atoms with Gasteiger partial charge in [0.15, 0.2) is 0 Å². The summed E-state index contributed by atoms with van der Waals surface area (Å²) in [7, 11) is 0. The van der Waals surface area contributed by atoms with E-state index >= 15 is 0 Å². The van der Waals surface area contributed by atoms with E-state index in [-0.39, 0.29) is 30.1 Å². The van der Waals surface area contributed by atoms with Crippen LogP contribution in [0.4, 0.5) is 0 Å². The number of carbonyl (C=O) groups is 1. The summed E-state index contributed by atoms with van der Waals surface area (Å²) < 4.78 is 6.90. The number of likely N-dealkylation sites (tertiary alicyclic amines) is 1. The Morgan fingerprint density at radius 2 is 2.19 bits per heavy atom. The molecule has 7 nitrogen and oxygen atoms in total. The minimum Gasteiger partial charge on any atom is -0.361 e. The molecule has 136 valence electrons. The fourth-order valence-corrected chi connectivity index (χ4v) is 3.60. The highest BCUT2D eigenvalue weighted by molar-refractivity contribution is 5.81. The van der Waals surface area contributed by atoms with Gasteiger partial charge in [0.1, 0.15) is 18.0 Å². The average Bonchev–Trinajstić information content (AvgIpc) is 3.33. The first-order valence-corrected chi connectivity index (χ1v) is 8.98. The van der Waals surface area contributed by atoms with Crippen LogP contribution < -0.4 is 5.69 Å². The number of nitrogens with one attached hydrogen (secondary N) is 1. The number of imidazole rings is 1. The lowest BCUT2D eigenvalue weighted by Crippen LogP contribution is -2.35. The van der Waals surface area contributed by atoms with E-state index in [0.717, 1.165) is 35.3 Å². The summed E-state index contributed by atoms with van der Waals surface area (Å²) >= 11 is 0. The van der Waals surface area contributed by atoms with Gasteiger partial charge >= 0.3 is 5.69 Å². The molecule has 1 saturated heterocycles. The van der Waals surface area contributed by atoms with Crippen LogP contribution in [0.15, 0.2) is 39.6 Å². The Bertz CT molecular complexity index is 998. The van der Waals surface area contributed by atoms with Gasteiger partial charge in [0.2, 0.25) is 5.91 Å². The van der Waals surface area contributed by atoms with E-state index in [1.807, 2.05) is 49.1 Å². The first-order chi connectivity index (χ1) is 12.5. The van der Waals surface area contributed by atoms with E-state index < -0.39 is 0 Å². The molecule has 0 saturated carbocycles. The van der Waals surface area contributed by atoms with Gasteiger partial charge in [-0.1, -0.05) is 31.1 Å². The van der Waals surface area contributed by atoms with Gasteiger partial charge in [0, 0.05) is 18.5 Å². The molecular weight excluding hydrogens is 332 g/mol. The molecule has 0 unspecified atom stereocenters. The second-order valence-corrected chi connectivity index (χ2v) is 7.09. The molecule has 3 aromatic rings. The Morgan fingerprint density at radius 3 is 2.96 bits per heavy atom.